The highest BCUT2D eigenvalue weighted by atomic mass is 16.7. The molecule has 1 aliphatic carbocycles. The van der Waals surface area contributed by atoms with Crippen LogP contribution in [0.1, 0.15) is 6.42 Å². The topological polar surface area (TPSA) is 191 Å². The third-order valence-electron chi connectivity index (χ3n) is 3.80. The van der Waals surface area contributed by atoms with Crippen molar-refractivity contribution in [2.24, 2.45) is 5.92 Å². The molecule has 0 aromatic rings. The largest absolute Gasteiger partial charge is 0.481 e. The van der Waals surface area contributed by atoms with Gasteiger partial charge in [-0.25, -0.2) is 4.79 Å². The second-order valence-corrected chi connectivity index (χ2v) is 5.14. The SMILES string of the molecule is O=C(O)CC(O[C@@H]1OC2C(C(=O)O)[C@@H](O)C(O)C21O)C(=O)O. The molecule has 2 fully saturated rings. The van der Waals surface area contributed by atoms with Gasteiger partial charge in [-0.1, -0.05) is 0 Å². The lowest BCUT2D eigenvalue weighted by molar-refractivity contribution is -0.392. The number of aliphatic hydroxyl groups is 3. The molecule has 0 amide bonds. The Morgan fingerprint density at radius 2 is 1.77 bits per heavy atom. The second-order valence-electron chi connectivity index (χ2n) is 5.14. The van der Waals surface area contributed by atoms with Crippen molar-refractivity contribution >= 4 is 17.9 Å². The average molecular weight is 322 g/mol. The van der Waals surface area contributed by atoms with E-state index < -0.39 is 66.6 Å². The number of carboxylic acid groups (broad SMARTS) is 3. The van der Waals surface area contributed by atoms with E-state index in [4.69, 9.17) is 24.8 Å². The Morgan fingerprint density at radius 1 is 1.18 bits per heavy atom. The molecule has 1 saturated heterocycles. The van der Waals surface area contributed by atoms with E-state index in [2.05, 4.69) is 0 Å². The number of hydrogen-bond donors (Lipinski definition) is 6. The molecule has 1 saturated carbocycles. The molecule has 0 radical (unpaired) electrons. The van der Waals surface area contributed by atoms with Crippen molar-refractivity contribution in [3.63, 3.8) is 0 Å². The highest BCUT2D eigenvalue weighted by Gasteiger charge is 2.74. The minimum atomic E-state index is -2.34. The summed E-state index contributed by atoms with van der Waals surface area (Å²) in [5.74, 6) is -6.26. The normalized spacial score (nSPS) is 41.3. The van der Waals surface area contributed by atoms with Crippen LogP contribution in [-0.4, -0.2) is 84.9 Å². The summed E-state index contributed by atoms with van der Waals surface area (Å²) in [6, 6.07) is 0. The molecule has 124 valence electrons. The Hall–Kier alpha value is -1.79. The monoisotopic (exact) mass is 322 g/mol. The zero-order valence-corrected chi connectivity index (χ0v) is 10.9. The summed E-state index contributed by atoms with van der Waals surface area (Å²) >= 11 is 0. The van der Waals surface area contributed by atoms with Gasteiger partial charge in [-0.3, -0.25) is 9.59 Å². The van der Waals surface area contributed by atoms with Crippen molar-refractivity contribution in [1.29, 1.82) is 0 Å². The van der Waals surface area contributed by atoms with Crippen LogP contribution in [0.4, 0.5) is 0 Å². The van der Waals surface area contributed by atoms with Gasteiger partial charge in [-0.05, 0) is 0 Å². The molecular formula is C11H14O11. The van der Waals surface area contributed by atoms with Gasteiger partial charge in [0.05, 0.1) is 12.5 Å². The molecule has 6 N–H and O–H groups in total. The second kappa shape index (κ2) is 5.44. The first-order chi connectivity index (χ1) is 10.1. The molecule has 1 aliphatic heterocycles. The maximum atomic E-state index is 11.0. The van der Waals surface area contributed by atoms with Crippen molar-refractivity contribution in [2.75, 3.05) is 0 Å². The third-order valence-corrected chi connectivity index (χ3v) is 3.80. The van der Waals surface area contributed by atoms with Gasteiger partial charge < -0.3 is 40.1 Å². The molecule has 0 spiro atoms. The van der Waals surface area contributed by atoms with Gasteiger partial charge in [-0.15, -0.1) is 0 Å². The van der Waals surface area contributed by atoms with Crippen LogP contribution < -0.4 is 0 Å². The van der Waals surface area contributed by atoms with E-state index >= 15 is 0 Å². The van der Waals surface area contributed by atoms with Gasteiger partial charge in [0.2, 0.25) is 0 Å². The molecule has 0 aromatic heterocycles. The number of aliphatic carboxylic acids is 3. The summed E-state index contributed by atoms with van der Waals surface area (Å²) in [5, 5.41) is 56.1. The molecular weight excluding hydrogens is 308 g/mol. The summed E-state index contributed by atoms with van der Waals surface area (Å²) in [4.78, 5) is 32.4. The lowest BCUT2D eigenvalue weighted by atomic mass is 9.88. The van der Waals surface area contributed by atoms with Crippen LogP contribution in [-0.2, 0) is 23.9 Å². The molecule has 0 aromatic carbocycles. The van der Waals surface area contributed by atoms with Gasteiger partial charge >= 0.3 is 17.9 Å². The number of aliphatic hydroxyl groups excluding tert-OH is 2. The molecule has 11 heteroatoms. The predicted octanol–water partition coefficient (Wildman–Crippen LogP) is -3.18. The Labute approximate surface area is 122 Å². The van der Waals surface area contributed by atoms with Crippen LogP contribution in [0.5, 0.6) is 0 Å². The number of fused-ring (bicyclic) bond motifs is 1. The molecule has 11 nitrogen and oxygen atoms in total. The van der Waals surface area contributed by atoms with Gasteiger partial charge in [0.15, 0.2) is 18.0 Å². The van der Waals surface area contributed by atoms with Gasteiger partial charge in [0, 0.05) is 0 Å². The van der Waals surface area contributed by atoms with Crippen molar-refractivity contribution in [3.05, 3.63) is 0 Å². The van der Waals surface area contributed by atoms with Crippen LogP contribution in [0, 0.1) is 5.92 Å². The van der Waals surface area contributed by atoms with Crippen molar-refractivity contribution in [3.8, 4) is 0 Å². The summed E-state index contributed by atoms with van der Waals surface area (Å²) in [7, 11) is 0. The number of carboxylic acids is 3. The molecule has 1 heterocycles. The van der Waals surface area contributed by atoms with E-state index in [1.807, 2.05) is 0 Å². The fraction of sp³-hybridized carbons (Fsp3) is 0.727. The fourth-order valence-electron chi connectivity index (χ4n) is 2.66. The van der Waals surface area contributed by atoms with Crippen LogP contribution in [0.3, 0.4) is 0 Å². The minimum Gasteiger partial charge on any atom is -0.481 e. The van der Waals surface area contributed by atoms with Crippen LogP contribution in [0.25, 0.3) is 0 Å². The molecule has 5 unspecified atom stereocenters. The summed E-state index contributed by atoms with van der Waals surface area (Å²) in [6.07, 6.45) is -9.87. The minimum absolute atomic E-state index is 0.934. The van der Waals surface area contributed by atoms with Crippen LogP contribution in [0.15, 0.2) is 0 Å². The first kappa shape index (κ1) is 16.6. The zero-order chi connectivity index (χ0) is 16.8. The highest BCUT2D eigenvalue weighted by Crippen LogP contribution is 2.49. The van der Waals surface area contributed by atoms with E-state index in [0.717, 1.165) is 0 Å². The number of hydrogen-bond acceptors (Lipinski definition) is 8. The summed E-state index contributed by atoms with van der Waals surface area (Å²) < 4.78 is 9.72. The van der Waals surface area contributed by atoms with E-state index in [9.17, 15) is 29.7 Å². The number of ether oxygens (including phenoxy) is 2. The zero-order valence-electron chi connectivity index (χ0n) is 10.9. The maximum absolute atomic E-state index is 11.0. The third kappa shape index (κ3) is 2.32. The van der Waals surface area contributed by atoms with E-state index in [-0.39, 0.29) is 0 Å². The standard InChI is InChI=1S/C11H14O11/c12-3(13)1-2(8(16)17)21-10-11(20)6(15)5(14)4(9(18)19)7(11)22-10/h2,4-7,10,14-15,20H,1H2,(H,12,13)(H,16,17)(H,18,19)/t2?,4?,5-,6?,7?,10-,11?/m1/s1. The molecule has 2 aliphatic rings. The molecule has 22 heavy (non-hydrogen) atoms. The quantitative estimate of drug-likeness (QED) is 0.289. The van der Waals surface area contributed by atoms with Gasteiger partial charge in [-0.2, -0.15) is 0 Å². The van der Waals surface area contributed by atoms with E-state index in [1.165, 1.54) is 0 Å². The first-order valence-electron chi connectivity index (χ1n) is 6.17. The predicted molar refractivity (Wildman–Crippen MR) is 61.5 cm³/mol. The van der Waals surface area contributed by atoms with Crippen molar-refractivity contribution in [2.45, 2.75) is 42.7 Å². The Balaban J connectivity index is 2.15. The maximum Gasteiger partial charge on any atom is 0.333 e. The Kier molecular flexibility index (Phi) is 4.10. The Morgan fingerprint density at radius 3 is 2.23 bits per heavy atom. The molecule has 7 atom stereocenters. The summed E-state index contributed by atoms with van der Waals surface area (Å²) in [5.41, 5.74) is -2.34. The van der Waals surface area contributed by atoms with Crippen molar-refractivity contribution in [1.82, 2.24) is 0 Å². The Bertz CT molecular complexity index is 504. The smallest absolute Gasteiger partial charge is 0.333 e. The number of carbonyl (C=O) groups is 3. The van der Waals surface area contributed by atoms with Gasteiger partial charge in [0.25, 0.3) is 0 Å². The van der Waals surface area contributed by atoms with Gasteiger partial charge in [0.1, 0.15) is 18.1 Å². The number of rotatable bonds is 6. The average Bonchev–Trinajstić information content (AvgIpc) is 2.54. The van der Waals surface area contributed by atoms with E-state index in [0.29, 0.717) is 0 Å². The highest BCUT2D eigenvalue weighted by molar-refractivity contribution is 5.79. The molecule has 2 rings (SSSR count). The molecule has 0 bridgehead atoms. The fourth-order valence-corrected chi connectivity index (χ4v) is 2.66. The lowest BCUT2D eigenvalue weighted by Crippen LogP contribution is -2.70. The summed E-state index contributed by atoms with van der Waals surface area (Å²) in [6.45, 7) is 0. The van der Waals surface area contributed by atoms with E-state index in [1.54, 1.807) is 0 Å². The van der Waals surface area contributed by atoms with Crippen molar-refractivity contribution < 1.29 is 54.5 Å². The first-order valence-corrected chi connectivity index (χ1v) is 6.17. The van der Waals surface area contributed by atoms with Crippen LogP contribution >= 0.6 is 0 Å². The van der Waals surface area contributed by atoms with Crippen LogP contribution in [0.2, 0.25) is 0 Å². The lowest BCUT2D eigenvalue weighted by Gasteiger charge is -2.49.